The molecule has 0 aliphatic heterocycles. The number of amides is 1. The molecular formula is C12H12N2O. The predicted molar refractivity (Wildman–Crippen MR) is 59.7 cm³/mol. The van der Waals surface area contributed by atoms with Crippen molar-refractivity contribution >= 4 is 16.8 Å². The number of nitrogens with zero attached hydrogens (tertiary/aromatic N) is 1. The number of nitrogens with two attached hydrogens (primary N) is 1. The van der Waals surface area contributed by atoms with Gasteiger partial charge < -0.3 is 5.73 Å². The van der Waals surface area contributed by atoms with Gasteiger partial charge in [-0.05, 0) is 43.2 Å². The molecule has 0 aliphatic rings. The Morgan fingerprint density at radius 3 is 2.73 bits per heavy atom. The quantitative estimate of drug-likeness (QED) is 0.764. The molecule has 0 saturated carbocycles. The van der Waals surface area contributed by atoms with Crippen LogP contribution in [-0.2, 0) is 0 Å². The lowest BCUT2D eigenvalue weighted by Crippen LogP contribution is -2.12. The number of primary amides is 1. The third kappa shape index (κ3) is 1.56. The van der Waals surface area contributed by atoms with Gasteiger partial charge in [0.1, 0.15) is 0 Å². The number of aryl methyl sites for hydroxylation is 2. The van der Waals surface area contributed by atoms with Crippen LogP contribution in [0.4, 0.5) is 0 Å². The molecule has 1 aromatic heterocycles. The Morgan fingerprint density at radius 1 is 1.33 bits per heavy atom. The maximum atomic E-state index is 11.3. The minimum Gasteiger partial charge on any atom is -0.366 e. The second kappa shape index (κ2) is 3.35. The SMILES string of the molecule is Cc1cc(C(N)=O)c2nccc(C)c2c1. The van der Waals surface area contributed by atoms with Crippen LogP contribution in [-0.4, -0.2) is 10.9 Å². The van der Waals surface area contributed by atoms with Gasteiger partial charge in [0.15, 0.2) is 0 Å². The van der Waals surface area contributed by atoms with E-state index in [1.54, 1.807) is 12.3 Å². The summed E-state index contributed by atoms with van der Waals surface area (Å²) >= 11 is 0. The Hall–Kier alpha value is -1.90. The third-order valence-electron chi connectivity index (χ3n) is 2.47. The summed E-state index contributed by atoms with van der Waals surface area (Å²) < 4.78 is 0. The van der Waals surface area contributed by atoms with E-state index in [2.05, 4.69) is 4.98 Å². The van der Waals surface area contributed by atoms with Crippen molar-refractivity contribution in [2.45, 2.75) is 13.8 Å². The highest BCUT2D eigenvalue weighted by molar-refractivity contribution is 6.05. The molecule has 0 spiro atoms. The first-order chi connectivity index (χ1) is 7.09. The Bertz CT molecular complexity index is 547. The van der Waals surface area contributed by atoms with Crippen LogP contribution in [0.15, 0.2) is 24.4 Å². The lowest BCUT2D eigenvalue weighted by Gasteiger charge is -2.06. The molecule has 0 fully saturated rings. The van der Waals surface area contributed by atoms with Crippen molar-refractivity contribution in [3.63, 3.8) is 0 Å². The highest BCUT2D eigenvalue weighted by Crippen LogP contribution is 2.21. The molecule has 0 aliphatic carbocycles. The van der Waals surface area contributed by atoms with Gasteiger partial charge >= 0.3 is 0 Å². The van der Waals surface area contributed by atoms with E-state index in [0.29, 0.717) is 11.1 Å². The summed E-state index contributed by atoms with van der Waals surface area (Å²) in [5.74, 6) is -0.429. The van der Waals surface area contributed by atoms with Crippen LogP contribution in [0, 0.1) is 13.8 Å². The lowest BCUT2D eigenvalue weighted by atomic mass is 10.0. The van der Waals surface area contributed by atoms with Crippen molar-refractivity contribution in [2.75, 3.05) is 0 Å². The first kappa shape index (κ1) is 9.65. The van der Waals surface area contributed by atoms with E-state index in [4.69, 9.17) is 5.73 Å². The fourth-order valence-corrected chi connectivity index (χ4v) is 1.72. The summed E-state index contributed by atoms with van der Waals surface area (Å²) in [5, 5.41) is 0.992. The number of hydrogen-bond donors (Lipinski definition) is 1. The molecule has 1 heterocycles. The average molecular weight is 200 g/mol. The van der Waals surface area contributed by atoms with E-state index in [9.17, 15) is 4.79 Å². The van der Waals surface area contributed by atoms with Gasteiger partial charge in [0.2, 0.25) is 0 Å². The van der Waals surface area contributed by atoms with E-state index in [-0.39, 0.29) is 0 Å². The topological polar surface area (TPSA) is 56.0 Å². The number of rotatable bonds is 1. The molecule has 3 nitrogen and oxygen atoms in total. The van der Waals surface area contributed by atoms with Crippen LogP contribution in [0.3, 0.4) is 0 Å². The zero-order valence-electron chi connectivity index (χ0n) is 8.74. The third-order valence-corrected chi connectivity index (χ3v) is 2.47. The van der Waals surface area contributed by atoms with Gasteiger partial charge in [0, 0.05) is 11.6 Å². The molecular weight excluding hydrogens is 188 g/mol. The number of pyridine rings is 1. The van der Waals surface area contributed by atoms with Gasteiger partial charge in [0.25, 0.3) is 5.91 Å². The first-order valence-corrected chi connectivity index (χ1v) is 4.75. The van der Waals surface area contributed by atoms with Crippen molar-refractivity contribution in [3.05, 3.63) is 41.1 Å². The number of hydrogen-bond acceptors (Lipinski definition) is 2. The van der Waals surface area contributed by atoms with Crippen molar-refractivity contribution < 1.29 is 4.79 Å². The summed E-state index contributed by atoms with van der Waals surface area (Å²) in [6.45, 7) is 3.94. The monoisotopic (exact) mass is 200 g/mol. The van der Waals surface area contributed by atoms with Crippen molar-refractivity contribution in [1.82, 2.24) is 4.98 Å². The molecule has 1 amide bonds. The van der Waals surface area contributed by atoms with Crippen molar-refractivity contribution in [3.8, 4) is 0 Å². The maximum absolute atomic E-state index is 11.3. The molecule has 0 unspecified atom stereocenters. The zero-order chi connectivity index (χ0) is 11.0. The molecule has 0 saturated heterocycles. The normalized spacial score (nSPS) is 10.5. The molecule has 15 heavy (non-hydrogen) atoms. The summed E-state index contributed by atoms with van der Waals surface area (Å²) in [7, 11) is 0. The Kier molecular flexibility index (Phi) is 2.15. The van der Waals surface area contributed by atoms with Crippen LogP contribution >= 0.6 is 0 Å². The minimum atomic E-state index is -0.429. The fraction of sp³-hybridized carbons (Fsp3) is 0.167. The van der Waals surface area contributed by atoms with Gasteiger partial charge in [-0.2, -0.15) is 0 Å². The van der Waals surface area contributed by atoms with E-state index in [1.165, 1.54) is 0 Å². The molecule has 1 aromatic carbocycles. The molecule has 3 heteroatoms. The van der Waals surface area contributed by atoms with Crippen molar-refractivity contribution in [2.24, 2.45) is 5.73 Å². The molecule has 2 aromatic rings. The summed E-state index contributed by atoms with van der Waals surface area (Å²) in [6.07, 6.45) is 1.69. The number of fused-ring (bicyclic) bond motifs is 1. The summed E-state index contributed by atoms with van der Waals surface area (Å²) in [5.41, 5.74) is 8.63. The van der Waals surface area contributed by atoms with Crippen molar-refractivity contribution in [1.29, 1.82) is 0 Å². The minimum absolute atomic E-state index is 0.429. The standard InChI is InChI=1S/C12H12N2O/c1-7-5-9-8(2)3-4-14-11(9)10(6-7)12(13)15/h3-6H,1-2H3,(H2,13,15). The Labute approximate surface area is 87.9 Å². The molecule has 0 atom stereocenters. The molecule has 2 rings (SSSR count). The highest BCUT2D eigenvalue weighted by atomic mass is 16.1. The first-order valence-electron chi connectivity index (χ1n) is 4.75. The van der Waals surface area contributed by atoms with E-state index < -0.39 is 5.91 Å². The Balaban J connectivity index is 2.92. The van der Waals surface area contributed by atoms with Crippen LogP contribution in [0.25, 0.3) is 10.9 Å². The van der Waals surface area contributed by atoms with Gasteiger partial charge in [-0.1, -0.05) is 0 Å². The maximum Gasteiger partial charge on any atom is 0.250 e. The molecule has 0 bridgehead atoms. The zero-order valence-corrected chi connectivity index (χ0v) is 8.74. The molecule has 76 valence electrons. The number of carbonyl (C=O) groups is 1. The van der Waals surface area contributed by atoms with Gasteiger partial charge in [-0.3, -0.25) is 9.78 Å². The van der Waals surface area contributed by atoms with E-state index in [1.807, 2.05) is 26.0 Å². The summed E-state index contributed by atoms with van der Waals surface area (Å²) in [6, 6.07) is 5.72. The van der Waals surface area contributed by atoms with E-state index in [0.717, 1.165) is 16.5 Å². The van der Waals surface area contributed by atoms with Crippen LogP contribution < -0.4 is 5.73 Å². The number of benzene rings is 1. The van der Waals surface area contributed by atoms with Crippen LogP contribution in [0.2, 0.25) is 0 Å². The smallest absolute Gasteiger partial charge is 0.250 e. The second-order valence-corrected chi connectivity index (χ2v) is 3.70. The highest BCUT2D eigenvalue weighted by Gasteiger charge is 2.09. The van der Waals surface area contributed by atoms with Crippen LogP contribution in [0.5, 0.6) is 0 Å². The largest absolute Gasteiger partial charge is 0.366 e. The molecule has 0 radical (unpaired) electrons. The average Bonchev–Trinajstić information content (AvgIpc) is 2.18. The van der Waals surface area contributed by atoms with Gasteiger partial charge in [-0.15, -0.1) is 0 Å². The fourth-order valence-electron chi connectivity index (χ4n) is 1.72. The van der Waals surface area contributed by atoms with Crippen LogP contribution in [0.1, 0.15) is 21.5 Å². The second-order valence-electron chi connectivity index (χ2n) is 3.70. The lowest BCUT2D eigenvalue weighted by molar-refractivity contribution is 0.100. The number of carbonyl (C=O) groups excluding carboxylic acids is 1. The van der Waals surface area contributed by atoms with E-state index >= 15 is 0 Å². The molecule has 2 N–H and O–H groups in total. The summed E-state index contributed by atoms with van der Waals surface area (Å²) in [4.78, 5) is 15.5. The Morgan fingerprint density at radius 2 is 2.07 bits per heavy atom. The van der Waals surface area contributed by atoms with Gasteiger partial charge in [-0.25, -0.2) is 0 Å². The van der Waals surface area contributed by atoms with Gasteiger partial charge in [0.05, 0.1) is 11.1 Å². The number of aromatic nitrogens is 1. The predicted octanol–water partition coefficient (Wildman–Crippen LogP) is 1.95.